The largest absolute Gasteiger partial charge is 0.493 e. The molecular formula is C40H40Br2N4O6. The van der Waals surface area contributed by atoms with Gasteiger partial charge in [-0.1, -0.05) is 59.6 Å². The van der Waals surface area contributed by atoms with Gasteiger partial charge in [0.05, 0.1) is 25.0 Å². The second kappa shape index (κ2) is 14.5. The van der Waals surface area contributed by atoms with Gasteiger partial charge in [-0.2, -0.15) is 10.5 Å². The maximum atomic E-state index is 13.5. The number of allylic oxidation sites excluding steroid dienone is 6. The van der Waals surface area contributed by atoms with E-state index in [9.17, 15) is 20.1 Å². The van der Waals surface area contributed by atoms with Crippen molar-refractivity contribution in [3.63, 3.8) is 0 Å². The highest BCUT2D eigenvalue weighted by Gasteiger charge is 2.45. The highest BCUT2D eigenvalue weighted by molar-refractivity contribution is 9.10. The van der Waals surface area contributed by atoms with Crippen molar-refractivity contribution in [3.05, 3.63) is 102 Å². The standard InChI is InChI=1S/C40H40Br2N4O6/c1-39(2)15-27(47)35-31(17-39)51-37(45)25(19-43)33(35)23-13-21(41)7-9-29(23)49-11-5-6-12-50-30-10-8-22(42)14-24(30)34-26(20-44)38(46)52-32-18-40(3,4)16-28(48)36(32)34/h7-10,13-14,33-34H,5-6,11-12,15-18,45-46H2,1-4H3. The second-order valence-electron chi connectivity index (χ2n) is 15.2. The third kappa shape index (κ3) is 7.37. The first kappa shape index (κ1) is 37.2. The van der Waals surface area contributed by atoms with Crippen LogP contribution in [-0.2, 0) is 19.1 Å². The Morgan fingerprint density at radius 3 is 1.46 bits per heavy atom. The number of Topliss-reactive ketones (excluding diaryl/α,β-unsaturated/α-hetero) is 2. The Labute approximate surface area is 320 Å². The molecule has 0 saturated carbocycles. The van der Waals surface area contributed by atoms with Crippen molar-refractivity contribution in [1.29, 1.82) is 10.5 Å². The summed E-state index contributed by atoms with van der Waals surface area (Å²) in [7, 11) is 0. The summed E-state index contributed by atoms with van der Waals surface area (Å²) in [5.74, 6) is 0.498. The molecule has 0 spiro atoms. The SMILES string of the molecule is CC1(C)CC(=O)C2=C(C1)OC(N)=C(C#N)C2c1cc(Br)ccc1OCCCCOc1ccc(Br)cc1C1C(C#N)=C(N)OC2=C1C(=O)CC(C)(C)C2. The summed E-state index contributed by atoms with van der Waals surface area (Å²) in [5, 5.41) is 20.3. The number of rotatable bonds is 9. The summed E-state index contributed by atoms with van der Waals surface area (Å²) in [4.78, 5) is 27.0. The zero-order valence-electron chi connectivity index (χ0n) is 29.5. The number of ether oxygens (including phenoxy) is 4. The molecular weight excluding hydrogens is 792 g/mol. The van der Waals surface area contributed by atoms with Crippen LogP contribution in [0.1, 0.15) is 89.2 Å². The minimum atomic E-state index is -0.715. The van der Waals surface area contributed by atoms with Gasteiger partial charge >= 0.3 is 0 Å². The van der Waals surface area contributed by atoms with E-state index in [1.165, 1.54) is 0 Å². The summed E-state index contributed by atoms with van der Waals surface area (Å²) < 4.78 is 25.9. The number of benzene rings is 2. The fourth-order valence-electron chi connectivity index (χ4n) is 7.51. The lowest BCUT2D eigenvalue weighted by molar-refractivity contribution is -0.119. The number of nitrogens with two attached hydrogens (primary N) is 2. The molecule has 0 saturated heterocycles. The number of nitrogens with zero attached hydrogens (tertiary/aromatic N) is 2. The Kier molecular flexibility index (Phi) is 10.4. The molecule has 52 heavy (non-hydrogen) atoms. The van der Waals surface area contributed by atoms with Gasteiger partial charge in [0.2, 0.25) is 11.8 Å². The predicted molar refractivity (Wildman–Crippen MR) is 200 cm³/mol. The Morgan fingerprint density at radius 2 is 1.10 bits per heavy atom. The lowest BCUT2D eigenvalue weighted by Crippen LogP contribution is -2.33. The normalized spacial score (nSPS) is 22.2. The molecule has 2 heterocycles. The van der Waals surface area contributed by atoms with Crippen molar-refractivity contribution in [1.82, 2.24) is 0 Å². The van der Waals surface area contributed by atoms with Crippen molar-refractivity contribution < 1.29 is 28.5 Å². The van der Waals surface area contributed by atoms with E-state index in [4.69, 9.17) is 30.4 Å². The Hall–Kier alpha value is -4.52. The van der Waals surface area contributed by atoms with E-state index in [-0.39, 0.29) is 45.3 Å². The van der Waals surface area contributed by atoms with E-state index in [2.05, 4.69) is 44.0 Å². The Balaban J connectivity index is 1.18. The van der Waals surface area contributed by atoms with E-state index in [0.717, 1.165) is 8.95 Å². The highest BCUT2D eigenvalue weighted by atomic mass is 79.9. The fraction of sp³-hybridized carbons (Fsp3) is 0.400. The number of halogens is 2. The topological polar surface area (TPSA) is 171 Å². The van der Waals surface area contributed by atoms with Crippen LogP contribution in [0.4, 0.5) is 0 Å². The monoisotopic (exact) mass is 830 g/mol. The van der Waals surface area contributed by atoms with E-state index < -0.39 is 11.8 Å². The van der Waals surface area contributed by atoms with Crippen LogP contribution in [0.25, 0.3) is 0 Å². The lowest BCUT2D eigenvalue weighted by Gasteiger charge is -2.37. The van der Waals surface area contributed by atoms with Gasteiger partial charge < -0.3 is 30.4 Å². The first-order valence-electron chi connectivity index (χ1n) is 17.1. The molecule has 0 fully saturated rings. The lowest BCUT2D eigenvalue weighted by atomic mass is 9.70. The molecule has 0 amide bonds. The van der Waals surface area contributed by atoms with Crippen molar-refractivity contribution in [2.45, 2.75) is 78.1 Å². The van der Waals surface area contributed by atoms with Crippen LogP contribution in [0.2, 0.25) is 0 Å². The summed E-state index contributed by atoms with van der Waals surface area (Å²) in [6, 6.07) is 15.4. The third-order valence-corrected chi connectivity index (χ3v) is 10.8. The van der Waals surface area contributed by atoms with Crippen molar-refractivity contribution in [3.8, 4) is 23.6 Å². The van der Waals surface area contributed by atoms with Crippen molar-refractivity contribution >= 4 is 43.4 Å². The minimum absolute atomic E-state index is 0.00263. The van der Waals surface area contributed by atoms with E-state index in [1.807, 2.05) is 64.1 Å². The number of carbonyl (C=O) groups is 2. The number of nitriles is 2. The second-order valence-corrected chi connectivity index (χ2v) is 17.0. The summed E-state index contributed by atoms with van der Waals surface area (Å²) >= 11 is 7.10. The van der Waals surface area contributed by atoms with E-state index >= 15 is 0 Å². The minimum Gasteiger partial charge on any atom is -0.493 e. The molecule has 2 aromatic carbocycles. The van der Waals surface area contributed by atoms with Gasteiger partial charge in [-0.25, -0.2) is 0 Å². The summed E-state index contributed by atoms with van der Waals surface area (Å²) in [6.07, 6.45) is 2.95. The number of unbranched alkanes of at least 4 members (excludes halogenated alkanes) is 1. The van der Waals surface area contributed by atoms with Gasteiger partial charge in [0.15, 0.2) is 11.6 Å². The zero-order valence-corrected chi connectivity index (χ0v) is 32.7. The van der Waals surface area contributed by atoms with Crippen LogP contribution < -0.4 is 20.9 Å². The van der Waals surface area contributed by atoms with Gasteiger partial charge in [-0.3, -0.25) is 9.59 Å². The summed E-state index contributed by atoms with van der Waals surface area (Å²) in [6.45, 7) is 8.70. The van der Waals surface area contributed by atoms with Gasteiger partial charge in [0.25, 0.3) is 0 Å². The number of hydrogen-bond donors (Lipinski definition) is 2. The first-order valence-corrected chi connectivity index (χ1v) is 18.7. The number of hydrogen-bond acceptors (Lipinski definition) is 10. The molecule has 0 aromatic heterocycles. The van der Waals surface area contributed by atoms with Crippen LogP contribution in [-0.4, -0.2) is 24.8 Å². The average Bonchev–Trinajstić information content (AvgIpc) is 3.05. The average molecular weight is 833 g/mol. The molecule has 2 aliphatic heterocycles. The molecule has 0 bridgehead atoms. The number of carbonyl (C=O) groups excluding carboxylic acids is 2. The highest BCUT2D eigenvalue weighted by Crippen LogP contribution is 2.51. The molecule has 4 aliphatic rings. The molecule has 12 heteroatoms. The number of ketones is 2. The van der Waals surface area contributed by atoms with E-state index in [0.29, 0.717) is 97.0 Å². The molecule has 4 N–H and O–H groups in total. The molecule has 2 aromatic rings. The Bertz CT molecular complexity index is 1930. The zero-order chi connectivity index (χ0) is 37.5. The van der Waals surface area contributed by atoms with Gasteiger partial charge in [-0.15, -0.1) is 0 Å². The van der Waals surface area contributed by atoms with Gasteiger partial charge in [0, 0.05) is 56.9 Å². The fourth-order valence-corrected chi connectivity index (χ4v) is 8.27. The van der Waals surface area contributed by atoms with Crippen molar-refractivity contribution in [2.75, 3.05) is 13.2 Å². The molecule has 0 radical (unpaired) electrons. The van der Waals surface area contributed by atoms with Gasteiger partial charge in [0.1, 0.15) is 46.3 Å². The van der Waals surface area contributed by atoms with Crippen LogP contribution in [0.5, 0.6) is 11.5 Å². The maximum Gasteiger partial charge on any atom is 0.205 e. The molecule has 270 valence electrons. The van der Waals surface area contributed by atoms with E-state index in [1.54, 1.807) is 0 Å². The Morgan fingerprint density at radius 1 is 0.712 bits per heavy atom. The maximum absolute atomic E-state index is 13.5. The molecule has 6 rings (SSSR count). The molecule has 2 atom stereocenters. The van der Waals surface area contributed by atoms with Crippen LogP contribution in [0.3, 0.4) is 0 Å². The molecule has 2 aliphatic carbocycles. The summed E-state index contributed by atoms with van der Waals surface area (Å²) in [5.41, 5.74) is 14.5. The molecule has 10 nitrogen and oxygen atoms in total. The van der Waals surface area contributed by atoms with Crippen LogP contribution >= 0.6 is 31.9 Å². The first-order chi connectivity index (χ1) is 24.6. The van der Waals surface area contributed by atoms with Crippen LogP contribution in [0.15, 0.2) is 90.9 Å². The smallest absolute Gasteiger partial charge is 0.205 e. The third-order valence-electron chi connectivity index (χ3n) is 9.77. The predicted octanol–water partition coefficient (Wildman–Crippen LogP) is 8.35. The van der Waals surface area contributed by atoms with Crippen molar-refractivity contribution in [2.24, 2.45) is 22.3 Å². The van der Waals surface area contributed by atoms with Gasteiger partial charge in [-0.05, 0) is 60.1 Å². The van der Waals surface area contributed by atoms with Crippen LogP contribution in [0, 0.1) is 33.5 Å². The quantitative estimate of drug-likeness (QED) is 0.234. The molecule has 2 unspecified atom stereocenters.